The molecule has 8 heteroatoms. The molecule has 0 spiro atoms. The van der Waals surface area contributed by atoms with Gasteiger partial charge in [-0.2, -0.15) is 0 Å². The van der Waals surface area contributed by atoms with Crippen LogP contribution in [0.4, 0.5) is 5.69 Å². The minimum atomic E-state index is -0.161. The lowest BCUT2D eigenvalue weighted by molar-refractivity contribution is -0.113. The number of hydrogen-bond donors (Lipinski definition) is 1. The van der Waals surface area contributed by atoms with Gasteiger partial charge in [-0.3, -0.25) is 14.2 Å². The van der Waals surface area contributed by atoms with Gasteiger partial charge in [0.2, 0.25) is 5.91 Å². The van der Waals surface area contributed by atoms with Gasteiger partial charge < -0.3 is 5.32 Å². The van der Waals surface area contributed by atoms with Gasteiger partial charge in [-0.05, 0) is 29.8 Å². The molecule has 154 valence electrons. The molecule has 0 saturated heterocycles. The Morgan fingerprint density at radius 1 is 1.23 bits per heavy atom. The fraction of sp³-hybridized carbons (Fsp3) is 0.227. The average molecular weight is 458 g/mol. The molecule has 5 nitrogen and oxygen atoms in total. The van der Waals surface area contributed by atoms with E-state index in [1.165, 1.54) is 11.8 Å². The fourth-order valence-electron chi connectivity index (χ4n) is 3.21. The largest absolute Gasteiger partial charge is 0.325 e. The number of amides is 1. The molecule has 1 N–H and O–H groups in total. The maximum Gasteiger partial charge on any atom is 0.268 e. The second kappa shape index (κ2) is 9.29. The van der Waals surface area contributed by atoms with Crippen LogP contribution in [0.1, 0.15) is 18.2 Å². The van der Waals surface area contributed by atoms with Gasteiger partial charge in [0.1, 0.15) is 0 Å². The van der Waals surface area contributed by atoms with E-state index in [9.17, 15) is 9.59 Å². The summed E-state index contributed by atoms with van der Waals surface area (Å²) in [6.45, 7) is 2.52. The molecule has 0 unspecified atom stereocenters. The Hall–Kier alpha value is -2.22. The van der Waals surface area contributed by atoms with Crippen LogP contribution < -0.4 is 10.9 Å². The number of fused-ring (bicyclic) bond motifs is 1. The maximum absolute atomic E-state index is 13.2. The van der Waals surface area contributed by atoms with E-state index in [1.807, 2.05) is 30.3 Å². The highest BCUT2D eigenvalue weighted by Crippen LogP contribution is 2.34. The van der Waals surface area contributed by atoms with Crippen molar-refractivity contribution in [3.05, 3.63) is 81.2 Å². The number of hydrogen-bond acceptors (Lipinski definition) is 5. The van der Waals surface area contributed by atoms with E-state index in [0.717, 1.165) is 22.6 Å². The Morgan fingerprint density at radius 3 is 2.70 bits per heavy atom. The number of nitrogens with one attached hydrogen (secondary N) is 1. The van der Waals surface area contributed by atoms with Crippen LogP contribution in [-0.4, -0.2) is 26.5 Å². The lowest BCUT2D eigenvalue weighted by Gasteiger charge is -2.14. The Balaban J connectivity index is 1.56. The summed E-state index contributed by atoms with van der Waals surface area (Å²) in [5.41, 5.74) is 2.50. The highest BCUT2D eigenvalue weighted by molar-refractivity contribution is 8.00. The third kappa shape index (κ3) is 4.91. The molecule has 30 heavy (non-hydrogen) atoms. The van der Waals surface area contributed by atoms with Gasteiger partial charge in [-0.1, -0.05) is 60.6 Å². The molecule has 1 aromatic heterocycles. The van der Waals surface area contributed by atoms with E-state index < -0.39 is 0 Å². The van der Waals surface area contributed by atoms with E-state index >= 15 is 0 Å². The smallest absolute Gasteiger partial charge is 0.268 e. The number of nitrogens with zero attached hydrogens (tertiary/aromatic N) is 2. The lowest BCUT2D eigenvalue weighted by Crippen LogP contribution is -2.26. The van der Waals surface area contributed by atoms with E-state index in [2.05, 4.69) is 12.2 Å². The quantitative estimate of drug-likeness (QED) is 0.429. The molecule has 2 heterocycles. The molecule has 1 atom stereocenters. The molecule has 0 radical (unpaired) electrons. The number of aromatic nitrogens is 2. The first-order valence-corrected chi connectivity index (χ1v) is 11.8. The summed E-state index contributed by atoms with van der Waals surface area (Å²) in [5.74, 6) is -0.00297. The molecular weight excluding hydrogens is 438 g/mol. The molecule has 0 bridgehead atoms. The summed E-state index contributed by atoms with van der Waals surface area (Å²) in [6.07, 6.45) is 0.770. The topological polar surface area (TPSA) is 64.0 Å². The van der Waals surface area contributed by atoms with Crippen LogP contribution in [0.3, 0.4) is 0 Å². The zero-order valence-corrected chi connectivity index (χ0v) is 18.7. The van der Waals surface area contributed by atoms with Gasteiger partial charge in [0.15, 0.2) is 5.16 Å². The fourth-order valence-corrected chi connectivity index (χ4v) is 5.26. The SMILES string of the molecule is C[C@@H]1Cc2nc(SCC(=O)Nc3ccc(Cl)cc3)n(Cc3ccccc3)c(=O)c2S1. The first kappa shape index (κ1) is 21.0. The van der Waals surface area contributed by atoms with E-state index in [-0.39, 0.29) is 17.2 Å². The molecule has 1 aliphatic heterocycles. The van der Waals surface area contributed by atoms with Crippen LogP contribution in [0, 0.1) is 0 Å². The van der Waals surface area contributed by atoms with Crippen molar-refractivity contribution in [2.45, 2.75) is 35.2 Å². The monoisotopic (exact) mass is 457 g/mol. The molecule has 1 amide bonds. The minimum absolute atomic E-state index is 0.0289. The van der Waals surface area contributed by atoms with Crippen LogP contribution in [-0.2, 0) is 17.8 Å². The molecule has 4 rings (SSSR count). The number of carbonyl (C=O) groups is 1. The number of anilines is 1. The second-order valence-electron chi connectivity index (χ2n) is 7.02. The van der Waals surface area contributed by atoms with Crippen molar-refractivity contribution in [3.8, 4) is 0 Å². The predicted octanol–water partition coefficient (Wildman–Crippen LogP) is 4.71. The molecule has 1 aliphatic rings. The number of rotatable bonds is 6. The maximum atomic E-state index is 13.2. The normalized spacial score (nSPS) is 15.1. The highest BCUT2D eigenvalue weighted by Gasteiger charge is 2.26. The van der Waals surface area contributed by atoms with E-state index in [0.29, 0.717) is 27.7 Å². The summed E-state index contributed by atoms with van der Waals surface area (Å²) in [5, 5.41) is 4.36. The van der Waals surface area contributed by atoms with Crippen molar-refractivity contribution in [2.75, 3.05) is 11.1 Å². The number of carbonyl (C=O) groups excluding carboxylic acids is 1. The van der Waals surface area contributed by atoms with Gasteiger partial charge in [0.25, 0.3) is 5.56 Å². The van der Waals surface area contributed by atoms with Crippen molar-refractivity contribution in [1.82, 2.24) is 9.55 Å². The van der Waals surface area contributed by atoms with Gasteiger partial charge in [-0.25, -0.2) is 4.98 Å². The van der Waals surface area contributed by atoms with Crippen molar-refractivity contribution in [1.29, 1.82) is 0 Å². The molecule has 2 aromatic carbocycles. The summed E-state index contributed by atoms with van der Waals surface area (Å²) in [6, 6.07) is 16.8. The zero-order chi connectivity index (χ0) is 21.1. The van der Waals surface area contributed by atoms with Gasteiger partial charge in [0.05, 0.1) is 22.9 Å². The Labute approximate surface area is 188 Å². The standard InChI is InChI=1S/C22H20ClN3O2S2/c1-14-11-18-20(30-14)21(28)26(12-15-5-3-2-4-6-15)22(25-18)29-13-19(27)24-17-9-7-16(23)8-10-17/h2-10,14H,11-13H2,1H3,(H,24,27)/t14-/m1/s1. The Morgan fingerprint density at radius 2 is 1.97 bits per heavy atom. The summed E-state index contributed by atoms with van der Waals surface area (Å²) in [4.78, 5) is 31.1. The summed E-state index contributed by atoms with van der Waals surface area (Å²) in [7, 11) is 0. The van der Waals surface area contributed by atoms with Crippen LogP contribution in [0.15, 0.2) is 69.4 Å². The predicted molar refractivity (Wildman–Crippen MR) is 124 cm³/mol. The zero-order valence-electron chi connectivity index (χ0n) is 16.3. The van der Waals surface area contributed by atoms with Crippen molar-refractivity contribution >= 4 is 46.7 Å². The molecular formula is C22H20ClN3O2S2. The average Bonchev–Trinajstić information content (AvgIpc) is 3.12. The summed E-state index contributed by atoms with van der Waals surface area (Å²) >= 11 is 8.75. The van der Waals surface area contributed by atoms with Crippen molar-refractivity contribution in [2.24, 2.45) is 0 Å². The number of benzene rings is 2. The molecule has 0 fully saturated rings. The third-order valence-corrected chi connectivity index (χ3v) is 7.05. The van der Waals surface area contributed by atoms with Gasteiger partial charge in [0, 0.05) is 22.4 Å². The summed E-state index contributed by atoms with van der Waals surface area (Å²) < 4.78 is 1.68. The van der Waals surface area contributed by atoms with Gasteiger partial charge >= 0.3 is 0 Å². The molecule has 0 aliphatic carbocycles. The minimum Gasteiger partial charge on any atom is -0.325 e. The molecule has 3 aromatic rings. The first-order chi connectivity index (χ1) is 14.5. The highest BCUT2D eigenvalue weighted by atomic mass is 35.5. The number of thioether (sulfide) groups is 2. The lowest BCUT2D eigenvalue weighted by atomic mass is 10.2. The van der Waals surface area contributed by atoms with Crippen LogP contribution in [0.2, 0.25) is 5.02 Å². The van der Waals surface area contributed by atoms with Crippen LogP contribution >= 0.6 is 35.1 Å². The Bertz CT molecular complexity index is 1120. The second-order valence-corrected chi connectivity index (χ2v) is 9.85. The van der Waals surface area contributed by atoms with E-state index in [1.54, 1.807) is 40.6 Å². The van der Waals surface area contributed by atoms with Crippen LogP contribution in [0.5, 0.6) is 0 Å². The third-order valence-electron chi connectivity index (χ3n) is 4.61. The van der Waals surface area contributed by atoms with E-state index in [4.69, 9.17) is 16.6 Å². The van der Waals surface area contributed by atoms with Gasteiger partial charge in [-0.15, -0.1) is 11.8 Å². The number of halogens is 1. The van der Waals surface area contributed by atoms with Crippen molar-refractivity contribution < 1.29 is 4.79 Å². The van der Waals surface area contributed by atoms with Crippen molar-refractivity contribution in [3.63, 3.8) is 0 Å². The molecule has 0 saturated carbocycles. The Kier molecular flexibility index (Phi) is 6.51. The van der Waals surface area contributed by atoms with Crippen LogP contribution in [0.25, 0.3) is 0 Å². The first-order valence-electron chi connectivity index (χ1n) is 9.52.